The number of rotatable bonds is 7. The lowest BCUT2D eigenvalue weighted by molar-refractivity contribution is -0.139. The van der Waals surface area contributed by atoms with Crippen molar-refractivity contribution < 1.29 is 24.1 Å². The molecule has 0 saturated heterocycles. The number of nitrogens with zero attached hydrogens (tertiary/aromatic N) is 2. The number of phenolic OH excluding ortho intramolecular Hbond substituents is 1. The fraction of sp³-hybridized carbons (Fsp3) is 0.269. The first-order valence-corrected chi connectivity index (χ1v) is 13.9. The molecule has 3 aromatic rings. The molecule has 2 heterocycles. The van der Waals surface area contributed by atoms with Crippen molar-refractivity contribution in [2.75, 3.05) is 20.3 Å². The number of thiazole rings is 1. The summed E-state index contributed by atoms with van der Waals surface area (Å²) in [5.74, 6) is 0.140. The maximum atomic E-state index is 13.8. The minimum absolute atomic E-state index is 0.0558. The number of benzene rings is 2. The second-order valence-electron chi connectivity index (χ2n) is 8.09. The average molecular weight is 642 g/mol. The van der Waals surface area contributed by atoms with Crippen LogP contribution >= 0.6 is 50.5 Å². The number of ether oxygens (including phenoxy) is 3. The van der Waals surface area contributed by atoms with Crippen molar-refractivity contribution in [1.82, 2.24) is 4.57 Å². The number of methoxy groups -OCH3 is 1. The minimum atomic E-state index is -0.886. The van der Waals surface area contributed by atoms with Crippen LogP contribution in [0.25, 0.3) is 6.08 Å². The number of carbonyl (C=O) groups is 1. The molecule has 0 radical (unpaired) electrons. The average Bonchev–Trinajstić information content (AvgIpc) is 3.16. The molecule has 1 N–H and O–H groups in total. The molecule has 0 fully saturated rings. The molecule has 38 heavy (non-hydrogen) atoms. The lowest BCUT2D eigenvalue weighted by Gasteiger charge is -2.26. The van der Waals surface area contributed by atoms with Crippen LogP contribution in [0.15, 0.2) is 49.8 Å². The largest absolute Gasteiger partial charge is 0.506 e. The molecular formula is C26H23BrCl2N2O6S. The van der Waals surface area contributed by atoms with Gasteiger partial charge in [-0.25, -0.2) is 9.79 Å². The molecule has 4 rings (SSSR count). The maximum Gasteiger partial charge on any atom is 0.338 e. The number of aromatic nitrogens is 1. The van der Waals surface area contributed by atoms with Crippen molar-refractivity contribution >= 4 is 62.5 Å². The van der Waals surface area contributed by atoms with Crippen LogP contribution in [0.1, 0.15) is 37.9 Å². The summed E-state index contributed by atoms with van der Waals surface area (Å²) in [7, 11) is 1.51. The van der Waals surface area contributed by atoms with Crippen LogP contribution in [0.3, 0.4) is 0 Å². The number of carbonyl (C=O) groups excluding carboxylic acids is 1. The van der Waals surface area contributed by atoms with Crippen molar-refractivity contribution in [2.45, 2.75) is 26.8 Å². The van der Waals surface area contributed by atoms with Gasteiger partial charge in [0.1, 0.15) is 5.75 Å². The zero-order valence-corrected chi connectivity index (χ0v) is 24.7. The number of allylic oxidation sites excluding steroid dienone is 1. The number of hydrogen-bond donors (Lipinski definition) is 1. The second kappa shape index (κ2) is 11.5. The van der Waals surface area contributed by atoms with Gasteiger partial charge in [0.05, 0.1) is 47.2 Å². The van der Waals surface area contributed by atoms with Crippen molar-refractivity contribution in [1.29, 1.82) is 0 Å². The van der Waals surface area contributed by atoms with Gasteiger partial charge in [-0.3, -0.25) is 9.36 Å². The monoisotopic (exact) mass is 640 g/mol. The third-order valence-corrected chi connectivity index (χ3v) is 7.91. The van der Waals surface area contributed by atoms with E-state index in [1.807, 2.05) is 6.92 Å². The molecule has 1 aliphatic rings. The van der Waals surface area contributed by atoms with E-state index >= 15 is 0 Å². The molecule has 1 aliphatic heterocycles. The fourth-order valence-corrected chi connectivity index (χ4v) is 6.20. The molecule has 0 saturated carbocycles. The number of esters is 1. The number of phenols is 1. The molecule has 1 aromatic heterocycles. The van der Waals surface area contributed by atoms with Crippen molar-refractivity contribution in [3.05, 3.63) is 80.9 Å². The van der Waals surface area contributed by atoms with Gasteiger partial charge in [-0.2, -0.15) is 0 Å². The summed E-state index contributed by atoms with van der Waals surface area (Å²) in [6, 6.07) is 5.47. The highest BCUT2D eigenvalue weighted by atomic mass is 79.9. The van der Waals surface area contributed by atoms with E-state index in [0.29, 0.717) is 43.7 Å². The van der Waals surface area contributed by atoms with Crippen LogP contribution in [-0.4, -0.2) is 36.0 Å². The molecule has 200 valence electrons. The van der Waals surface area contributed by atoms with E-state index in [1.54, 1.807) is 26.0 Å². The Morgan fingerprint density at radius 3 is 2.61 bits per heavy atom. The topological polar surface area (TPSA) is 99.4 Å². The first-order valence-electron chi connectivity index (χ1n) is 11.5. The van der Waals surface area contributed by atoms with Gasteiger partial charge in [0, 0.05) is 15.1 Å². The van der Waals surface area contributed by atoms with E-state index in [9.17, 15) is 14.7 Å². The number of hydrogen-bond acceptors (Lipinski definition) is 8. The quantitative estimate of drug-likeness (QED) is 0.366. The minimum Gasteiger partial charge on any atom is -0.506 e. The van der Waals surface area contributed by atoms with Gasteiger partial charge in [-0.1, -0.05) is 50.5 Å². The zero-order chi connectivity index (χ0) is 27.7. The molecule has 8 nitrogen and oxygen atoms in total. The van der Waals surface area contributed by atoms with Gasteiger partial charge in [0.15, 0.2) is 16.3 Å². The van der Waals surface area contributed by atoms with Crippen LogP contribution in [0.2, 0.25) is 10.0 Å². The standard InChI is InChI=1S/C26H23BrCl2N2O6S/c1-5-36-19-11-16(27)15(10-18(19)35-4)22-21(25(34)37-6-2)12(3)30-26-31(22)24(33)20(38-26)8-13-7-14(28)9-17(29)23(13)32/h7-11,22,32H,5-6H2,1-4H3/b20-8+/t22-/m1/s1. The van der Waals surface area contributed by atoms with Gasteiger partial charge < -0.3 is 19.3 Å². The maximum absolute atomic E-state index is 13.8. The Morgan fingerprint density at radius 2 is 1.95 bits per heavy atom. The lowest BCUT2D eigenvalue weighted by atomic mass is 9.95. The van der Waals surface area contributed by atoms with Crippen molar-refractivity contribution in [3.63, 3.8) is 0 Å². The normalized spacial score (nSPS) is 15.2. The molecule has 12 heteroatoms. The van der Waals surface area contributed by atoms with Crippen LogP contribution in [0, 0.1) is 0 Å². The third-order valence-electron chi connectivity index (χ3n) is 5.74. The number of halogens is 3. The van der Waals surface area contributed by atoms with Gasteiger partial charge >= 0.3 is 5.97 Å². The molecule has 1 atom stereocenters. The summed E-state index contributed by atoms with van der Waals surface area (Å²) in [5, 5.41) is 10.8. The first kappa shape index (κ1) is 28.2. The van der Waals surface area contributed by atoms with Crippen LogP contribution in [-0.2, 0) is 9.53 Å². The Bertz CT molecular complexity index is 1650. The highest BCUT2D eigenvalue weighted by molar-refractivity contribution is 9.10. The van der Waals surface area contributed by atoms with E-state index in [4.69, 9.17) is 37.4 Å². The van der Waals surface area contributed by atoms with E-state index in [-0.39, 0.29) is 33.0 Å². The summed E-state index contributed by atoms with van der Waals surface area (Å²) < 4.78 is 18.9. The Morgan fingerprint density at radius 1 is 1.21 bits per heavy atom. The van der Waals surface area contributed by atoms with Crippen molar-refractivity contribution in [2.24, 2.45) is 4.99 Å². The van der Waals surface area contributed by atoms with E-state index < -0.39 is 17.6 Å². The van der Waals surface area contributed by atoms with E-state index in [1.165, 1.54) is 29.9 Å². The van der Waals surface area contributed by atoms with E-state index in [0.717, 1.165) is 11.3 Å². The molecule has 0 spiro atoms. The third kappa shape index (κ3) is 5.22. The van der Waals surface area contributed by atoms with Crippen molar-refractivity contribution in [3.8, 4) is 17.2 Å². The lowest BCUT2D eigenvalue weighted by Crippen LogP contribution is -2.40. The summed E-state index contributed by atoms with van der Waals surface area (Å²) >= 11 is 16.9. The number of fused-ring (bicyclic) bond motifs is 1. The Labute approximate surface area is 240 Å². The molecule has 0 amide bonds. The smallest absolute Gasteiger partial charge is 0.338 e. The summed E-state index contributed by atoms with van der Waals surface area (Å²) in [6.45, 7) is 5.82. The highest BCUT2D eigenvalue weighted by Gasteiger charge is 2.35. The first-order chi connectivity index (χ1) is 18.1. The van der Waals surface area contributed by atoms with Gasteiger partial charge in [0.25, 0.3) is 5.56 Å². The Balaban J connectivity index is 2.02. The zero-order valence-electron chi connectivity index (χ0n) is 20.8. The van der Waals surface area contributed by atoms with Crippen LogP contribution in [0.5, 0.6) is 17.2 Å². The van der Waals surface area contributed by atoms with Gasteiger partial charge in [-0.15, -0.1) is 0 Å². The molecule has 0 unspecified atom stereocenters. The molecular weight excluding hydrogens is 619 g/mol. The van der Waals surface area contributed by atoms with Gasteiger partial charge in [0.2, 0.25) is 0 Å². The van der Waals surface area contributed by atoms with E-state index in [2.05, 4.69) is 20.9 Å². The predicted octanol–water partition coefficient (Wildman–Crippen LogP) is 4.98. The van der Waals surface area contributed by atoms with Crippen LogP contribution in [0.4, 0.5) is 0 Å². The fourth-order valence-electron chi connectivity index (χ4n) is 4.11. The summed E-state index contributed by atoms with van der Waals surface area (Å²) in [5.41, 5.74) is 1.04. The highest BCUT2D eigenvalue weighted by Crippen LogP contribution is 2.41. The number of aromatic hydroxyl groups is 1. The predicted molar refractivity (Wildman–Crippen MR) is 150 cm³/mol. The summed E-state index contributed by atoms with van der Waals surface area (Å²) in [6.07, 6.45) is 1.49. The molecule has 0 bridgehead atoms. The Hall–Kier alpha value is -2.79. The Kier molecular flexibility index (Phi) is 8.56. The summed E-state index contributed by atoms with van der Waals surface area (Å²) in [4.78, 5) is 31.9. The van der Waals surface area contributed by atoms with Crippen LogP contribution < -0.4 is 24.4 Å². The molecule has 0 aliphatic carbocycles. The molecule has 2 aromatic carbocycles. The second-order valence-corrected chi connectivity index (χ2v) is 10.8. The SMILES string of the molecule is CCOC(=O)C1=C(C)N=c2s/c(=C/c3cc(Cl)cc(Cl)c3O)c(=O)n2[C@@H]1c1cc(OC)c(OCC)cc1Br. The van der Waals surface area contributed by atoms with Gasteiger partial charge in [-0.05, 0) is 56.7 Å².